The van der Waals surface area contributed by atoms with Crippen LogP contribution in [0.5, 0.6) is 17.2 Å². The van der Waals surface area contributed by atoms with E-state index in [4.69, 9.17) is 19.9 Å². The van der Waals surface area contributed by atoms with Gasteiger partial charge in [-0.25, -0.2) is 0 Å². The van der Waals surface area contributed by atoms with E-state index < -0.39 is 0 Å². The first-order valence-electron chi connectivity index (χ1n) is 6.95. The molecule has 0 saturated heterocycles. The van der Waals surface area contributed by atoms with Crippen molar-refractivity contribution in [3.63, 3.8) is 0 Å². The topological polar surface area (TPSA) is 53.7 Å². The molecule has 0 atom stereocenters. The van der Waals surface area contributed by atoms with Gasteiger partial charge in [-0.3, -0.25) is 0 Å². The maximum absolute atomic E-state index is 5.88. The van der Waals surface area contributed by atoms with Crippen LogP contribution in [0.15, 0.2) is 42.5 Å². The zero-order valence-electron chi connectivity index (χ0n) is 12.5. The van der Waals surface area contributed by atoms with Gasteiger partial charge in [0.2, 0.25) is 0 Å². The fraction of sp³-hybridized carbons (Fsp3) is 0.294. The molecule has 0 spiro atoms. The smallest absolute Gasteiger partial charge is 0.142 e. The molecule has 2 aromatic carbocycles. The summed E-state index contributed by atoms with van der Waals surface area (Å²) in [5.74, 6) is 2.29. The predicted molar refractivity (Wildman–Crippen MR) is 84.2 cm³/mol. The maximum atomic E-state index is 5.88. The minimum atomic E-state index is 0.558. The van der Waals surface area contributed by atoms with Crippen molar-refractivity contribution in [3.05, 3.63) is 48.0 Å². The molecular weight excluding hydrogens is 266 g/mol. The number of rotatable bonds is 7. The summed E-state index contributed by atoms with van der Waals surface area (Å²) in [4.78, 5) is 0. The van der Waals surface area contributed by atoms with Crippen molar-refractivity contribution in [3.8, 4) is 17.2 Å². The summed E-state index contributed by atoms with van der Waals surface area (Å²) in [6.45, 7) is 3.21. The lowest BCUT2D eigenvalue weighted by atomic mass is 10.2. The van der Waals surface area contributed by atoms with Crippen molar-refractivity contribution in [2.45, 2.75) is 13.3 Å². The molecule has 0 aromatic heterocycles. The lowest BCUT2D eigenvalue weighted by Crippen LogP contribution is -2.06. The fourth-order valence-corrected chi connectivity index (χ4v) is 1.92. The van der Waals surface area contributed by atoms with Crippen molar-refractivity contribution in [1.82, 2.24) is 0 Å². The Hall–Kier alpha value is -2.36. The maximum Gasteiger partial charge on any atom is 0.142 e. The van der Waals surface area contributed by atoms with Crippen LogP contribution in [0.2, 0.25) is 0 Å². The van der Waals surface area contributed by atoms with Crippen molar-refractivity contribution in [2.75, 3.05) is 26.1 Å². The number of methoxy groups -OCH3 is 1. The number of anilines is 1. The summed E-state index contributed by atoms with van der Waals surface area (Å²) in [7, 11) is 1.61. The summed E-state index contributed by atoms with van der Waals surface area (Å²) < 4.78 is 16.4. The van der Waals surface area contributed by atoms with Crippen molar-refractivity contribution in [1.29, 1.82) is 0 Å². The Morgan fingerprint density at radius 1 is 0.952 bits per heavy atom. The molecule has 0 heterocycles. The van der Waals surface area contributed by atoms with Gasteiger partial charge in [0.15, 0.2) is 0 Å². The van der Waals surface area contributed by atoms with Crippen molar-refractivity contribution in [2.24, 2.45) is 0 Å². The number of aryl methyl sites for hydroxylation is 1. The number of benzene rings is 2. The fourth-order valence-electron chi connectivity index (χ4n) is 1.92. The molecule has 0 unspecified atom stereocenters. The van der Waals surface area contributed by atoms with Crippen LogP contribution in [0.3, 0.4) is 0 Å². The molecule has 2 aromatic rings. The van der Waals surface area contributed by atoms with Crippen LogP contribution in [-0.2, 0) is 0 Å². The summed E-state index contributed by atoms with van der Waals surface area (Å²) in [6.07, 6.45) is 0.791. The van der Waals surface area contributed by atoms with Crippen LogP contribution in [0, 0.1) is 6.92 Å². The van der Waals surface area contributed by atoms with E-state index in [1.54, 1.807) is 13.2 Å². The van der Waals surface area contributed by atoms with E-state index in [1.165, 1.54) is 5.56 Å². The number of hydrogen-bond acceptors (Lipinski definition) is 4. The van der Waals surface area contributed by atoms with E-state index in [1.807, 2.05) is 43.3 Å². The van der Waals surface area contributed by atoms with Crippen LogP contribution in [0.25, 0.3) is 0 Å². The van der Waals surface area contributed by atoms with Crippen molar-refractivity contribution >= 4 is 5.69 Å². The summed E-state index contributed by atoms with van der Waals surface area (Å²) in [5, 5.41) is 0. The second-order valence-corrected chi connectivity index (χ2v) is 4.77. The molecule has 2 rings (SSSR count). The third-order valence-corrected chi connectivity index (χ3v) is 3.02. The van der Waals surface area contributed by atoms with Crippen LogP contribution in [0.4, 0.5) is 5.69 Å². The van der Waals surface area contributed by atoms with E-state index in [-0.39, 0.29) is 0 Å². The number of nitrogens with two attached hydrogens (primary N) is 1. The highest BCUT2D eigenvalue weighted by molar-refractivity contribution is 5.56. The largest absolute Gasteiger partial charge is 0.497 e. The molecular formula is C17H21NO3. The molecule has 0 aliphatic carbocycles. The average Bonchev–Trinajstić information content (AvgIpc) is 2.48. The highest BCUT2D eigenvalue weighted by Gasteiger charge is 2.02. The number of nitrogen functional groups attached to an aromatic ring is 1. The first-order chi connectivity index (χ1) is 10.2. The highest BCUT2D eigenvalue weighted by atomic mass is 16.5. The molecule has 2 N–H and O–H groups in total. The number of ether oxygens (including phenoxy) is 3. The molecule has 0 bridgehead atoms. The zero-order valence-corrected chi connectivity index (χ0v) is 12.5. The van der Waals surface area contributed by atoms with Gasteiger partial charge in [-0.2, -0.15) is 0 Å². The average molecular weight is 287 g/mol. The Labute approximate surface area is 125 Å². The van der Waals surface area contributed by atoms with Gasteiger partial charge in [0.1, 0.15) is 17.2 Å². The van der Waals surface area contributed by atoms with Crippen molar-refractivity contribution < 1.29 is 14.2 Å². The molecule has 112 valence electrons. The number of hydrogen-bond donors (Lipinski definition) is 1. The Bertz CT molecular complexity index is 584. The van der Waals surface area contributed by atoms with E-state index in [2.05, 4.69) is 0 Å². The molecule has 0 radical (unpaired) electrons. The minimum absolute atomic E-state index is 0.558. The van der Waals surface area contributed by atoms with Gasteiger partial charge >= 0.3 is 0 Å². The SMILES string of the molecule is COc1ccc(OCCCOc2cccc(C)c2)c(N)c1. The molecule has 4 heteroatoms. The molecule has 0 fully saturated rings. The Kier molecular flexibility index (Phi) is 5.32. The van der Waals surface area contributed by atoms with Crippen LogP contribution in [-0.4, -0.2) is 20.3 Å². The predicted octanol–water partition coefficient (Wildman–Crippen LogP) is 3.43. The quantitative estimate of drug-likeness (QED) is 0.626. The standard InChI is InChI=1S/C17H21NO3/c1-13-5-3-6-15(11-13)20-9-4-10-21-17-8-7-14(19-2)12-16(17)18/h3,5-8,11-12H,4,9-10,18H2,1-2H3. The van der Waals surface area contributed by atoms with Gasteiger partial charge in [-0.1, -0.05) is 12.1 Å². The van der Waals surface area contributed by atoms with Crippen LogP contribution < -0.4 is 19.9 Å². The Balaban J connectivity index is 1.72. The summed E-state index contributed by atoms with van der Waals surface area (Å²) in [5.41, 5.74) is 7.65. The second kappa shape index (κ2) is 7.43. The van der Waals surface area contributed by atoms with Gasteiger partial charge in [0.25, 0.3) is 0 Å². The molecule has 21 heavy (non-hydrogen) atoms. The molecule has 0 aliphatic rings. The normalized spacial score (nSPS) is 10.2. The minimum Gasteiger partial charge on any atom is -0.497 e. The van der Waals surface area contributed by atoms with E-state index in [0.717, 1.165) is 17.9 Å². The highest BCUT2D eigenvalue weighted by Crippen LogP contribution is 2.26. The van der Waals surface area contributed by atoms with Gasteiger partial charge in [0.05, 0.1) is 26.0 Å². The summed E-state index contributed by atoms with van der Waals surface area (Å²) in [6, 6.07) is 13.4. The third-order valence-electron chi connectivity index (χ3n) is 3.02. The molecule has 0 amide bonds. The lowest BCUT2D eigenvalue weighted by Gasteiger charge is -2.11. The second-order valence-electron chi connectivity index (χ2n) is 4.77. The van der Waals surface area contributed by atoms with Gasteiger partial charge in [-0.05, 0) is 36.8 Å². The molecule has 0 saturated carbocycles. The monoisotopic (exact) mass is 287 g/mol. The zero-order chi connectivity index (χ0) is 15.1. The lowest BCUT2D eigenvalue weighted by molar-refractivity contribution is 0.248. The Morgan fingerprint density at radius 3 is 2.48 bits per heavy atom. The first-order valence-corrected chi connectivity index (χ1v) is 6.95. The van der Waals surface area contributed by atoms with Crippen LogP contribution in [0.1, 0.15) is 12.0 Å². The van der Waals surface area contributed by atoms with Crippen LogP contribution >= 0.6 is 0 Å². The van der Waals surface area contributed by atoms with E-state index >= 15 is 0 Å². The van der Waals surface area contributed by atoms with Gasteiger partial charge in [0, 0.05) is 12.5 Å². The molecule has 0 aliphatic heterocycles. The third kappa shape index (κ3) is 4.60. The van der Waals surface area contributed by atoms with Gasteiger partial charge in [-0.15, -0.1) is 0 Å². The van der Waals surface area contributed by atoms with E-state index in [9.17, 15) is 0 Å². The van der Waals surface area contributed by atoms with E-state index in [0.29, 0.717) is 24.7 Å². The molecule has 4 nitrogen and oxygen atoms in total. The first kappa shape index (κ1) is 15.0. The summed E-state index contributed by atoms with van der Waals surface area (Å²) >= 11 is 0. The Morgan fingerprint density at radius 2 is 1.76 bits per heavy atom. The van der Waals surface area contributed by atoms with Gasteiger partial charge < -0.3 is 19.9 Å².